The van der Waals surface area contributed by atoms with Crippen molar-refractivity contribution in [1.29, 1.82) is 0 Å². The Morgan fingerprint density at radius 2 is 1.86 bits per heavy atom. The number of carbonyl (C=O) groups excluding carboxylic acids is 1. The summed E-state index contributed by atoms with van der Waals surface area (Å²) in [5.41, 5.74) is 2.22. The van der Waals surface area contributed by atoms with Crippen molar-refractivity contribution in [2.24, 2.45) is 0 Å². The maximum absolute atomic E-state index is 13.7. The van der Waals surface area contributed by atoms with Gasteiger partial charge >= 0.3 is 0 Å². The van der Waals surface area contributed by atoms with E-state index in [4.69, 9.17) is 9.47 Å². The van der Waals surface area contributed by atoms with Crippen molar-refractivity contribution < 1.29 is 22.7 Å². The fourth-order valence-electron chi connectivity index (χ4n) is 5.32. The van der Waals surface area contributed by atoms with Gasteiger partial charge in [-0.05, 0) is 74.9 Å². The number of likely N-dealkylation sites (tertiary alicyclic amines) is 1. The third-order valence-electron chi connectivity index (χ3n) is 6.95. The maximum Gasteiger partial charge on any atom is 0.249 e. The quantitative estimate of drug-likeness (QED) is 0.549. The standard InChI is InChI=1S/C26H35N3O5S/c1-19-15-22(33-3)16-20(2)26(19)35(31,32)29-14-7-5-9-21(29)17-34-18-25(30)28-13-8-11-24(28)23-10-4-6-12-27-23/h4,6,10,12,15-16,21,24H,5,7-9,11,13-14,17-18H2,1-3H3. The Morgan fingerprint density at radius 3 is 2.54 bits per heavy atom. The van der Waals surface area contributed by atoms with E-state index in [1.165, 1.54) is 0 Å². The second kappa shape index (κ2) is 11.1. The molecule has 0 saturated carbocycles. The lowest BCUT2D eigenvalue weighted by Crippen LogP contribution is -2.46. The van der Waals surface area contributed by atoms with Gasteiger partial charge in [0.25, 0.3) is 0 Å². The Kier molecular flexibility index (Phi) is 8.09. The summed E-state index contributed by atoms with van der Waals surface area (Å²) in [6.07, 6.45) is 6.02. The van der Waals surface area contributed by atoms with Crippen LogP contribution >= 0.6 is 0 Å². The number of nitrogens with zero attached hydrogens (tertiary/aromatic N) is 3. The minimum Gasteiger partial charge on any atom is -0.497 e. The lowest BCUT2D eigenvalue weighted by atomic mass is 10.1. The molecule has 2 aliphatic rings. The number of amides is 1. The van der Waals surface area contributed by atoms with E-state index in [9.17, 15) is 13.2 Å². The molecule has 2 aromatic rings. The predicted octanol–water partition coefficient (Wildman–Crippen LogP) is 3.63. The molecule has 2 aliphatic heterocycles. The highest BCUT2D eigenvalue weighted by molar-refractivity contribution is 7.89. The van der Waals surface area contributed by atoms with Crippen LogP contribution < -0.4 is 4.74 Å². The van der Waals surface area contributed by atoms with Gasteiger partial charge < -0.3 is 14.4 Å². The molecule has 0 N–H and O–H groups in total. The zero-order chi connectivity index (χ0) is 25.0. The molecule has 1 amide bonds. The number of pyridine rings is 1. The molecule has 4 rings (SSSR count). The SMILES string of the molecule is COc1cc(C)c(S(=O)(=O)N2CCCCC2COCC(=O)N2CCCC2c2ccccn2)c(C)c1. The van der Waals surface area contributed by atoms with E-state index < -0.39 is 10.0 Å². The smallest absolute Gasteiger partial charge is 0.249 e. The minimum atomic E-state index is -3.71. The highest BCUT2D eigenvalue weighted by Gasteiger charge is 2.36. The van der Waals surface area contributed by atoms with Crippen LogP contribution in [0.4, 0.5) is 0 Å². The summed E-state index contributed by atoms with van der Waals surface area (Å²) in [5.74, 6) is 0.562. The van der Waals surface area contributed by atoms with Crippen molar-refractivity contribution in [3.8, 4) is 5.75 Å². The second-order valence-corrected chi connectivity index (χ2v) is 11.2. The molecule has 35 heavy (non-hydrogen) atoms. The number of methoxy groups -OCH3 is 1. The number of ether oxygens (including phenoxy) is 2. The van der Waals surface area contributed by atoms with Crippen LogP contribution in [0.1, 0.15) is 55.0 Å². The largest absolute Gasteiger partial charge is 0.497 e. The molecule has 0 radical (unpaired) electrons. The Bertz CT molecular complexity index is 1120. The number of benzene rings is 1. The normalized spacial score (nSPS) is 21.3. The zero-order valence-corrected chi connectivity index (χ0v) is 21.6. The monoisotopic (exact) mass is 501 g/mol. The van der Waals surface area contributed by atoms with Crippen molar-refractivity contribution in [1.82, 2.24) is 14.2 Å². The maximum atomic E-state index is 13.7. The summed E-state index contributed by atoms with van der Waals surface area (Å²) in [5, 5.41) is 0. The third-order valence-corrected chi connectivity index (χ3v) is 9.21. The van der Waals surface area contributed by atoms with Gasteiger partial charge in [0, 0.05) is 25.3 Å². The van der Waals surface area contributed by atoms with Gasteiger partial charge in [0.1, 0.15) is 12.4 Å². The first kappa shape index (κ1) is 25.6. The lowest BCUT2D eigenvalue weighted by molar-refractivity contribution is -0.137. The first-order valence-corrected chi connectivity index (χ1v) is 13.7. The van der Waals surface area contributed by atoms with Crippen LogP contribution in [0.2, 0.25) is 0 Å². The van der Waals surface area contributed by atoms with Gasteiger partial charge in [0.2, 0.25) is 15.9 Å². The minimum absolute atomic E-state index is 0.0279. The number of carbonyl (C=O) groups is 1. The highest BCUT2D eigenvalue weighted by Crippen LogP contribution is 2.33. The fraction of sp³-hybridized carbons (Fsp3) is 0.538. The Balaban J connectivity index is 1.42. The number of piperidine rings is 1. The Labute approximate surface area is 208 Å². The molecule has 2 saturated heterocycles. The summed E-state index contributed by atoms with van der Waals surface area (Å²) >= 11 is 0. The molecule has 2 unspecified atom stereocenters. The first-order chi connectivity index (χ1) is 16.8. The van der Waals surface area contributed by atoms with Crippen LogP contribution in [0, 0.1) is 13.8 Å². The Hall–Kier alpha value is -2.49. The van der Waals surface area contributed by atoms with E-state index in [-0.39, 0.29) is 31.2 Å². The number of rotatable bonds is 8. The summed E-state index contributed by atoms with van der Waals surface area (Å²) in [6.45, 7) is 4.86. The van der Waals surface area contributed by atoms with Gasteiger partial charge in [-0.25, -0.2) is 8.42 Å². The van der Waals surface area contributed by atoms with Crippen LogP contribution in [0.3, 0.4) is 0 Å². The van der Waals surface area contributed by atoms with E-state index in [1.807, 2.05) is 23.1 Å². The predicted molar refractivity (Wildman–Crippen MR) is 133 cm³/mol. The van der Waals surface area contributed by atoms with Crippen LogP contribution in [0.5, 0.6) is 5.75 Å². The average molecular weight is 502 g/mol. The number of sulfonamides is 1. The molecule has 2 atom stereocenters. The average Bonchev–Trinajstić information content (AvgIpc) is 3.34. The van der Waals surface area contributed by atoms with Gasteiger partial charge in [-0.3, -0.25) is 9.78 Å². The number of hydrogen-bond donors (Lipinski definition) is 0. The van der Waals surface area contributed by atoms with Gasteiger partial charge in [-0.15, -0.1) is 0 Å². The molecule has 1 aromatic heterocycles. The van der Waals surface area contributed by atoms with Gasteiger partial charge in [0.05, 0.1) is 30.3 Å². The number of hydrogen-bond acceptors (Lipinski definition) is 6. The van der Waals surface area contributed by atoms with E-state index in [2.05, 4.69) is 4.98 Å². The van der Waals surface area contributed by atoms with Crippen molar-refractivity contribution in [3.05, 3.63) is 53.3 Å². The molecule has 0 bridgehead atoms. The summed E-state index contributed by atoms with van der Waals surface area (Å²) in [7, 11) is -2.14. The molecule has 0 aliphatic carbocycles. The fourth-order valence-corrected chi connectivity index (χ4v) is 7.41. The van der Waals surface area contributed by atoms with Crippen molar-refractivity contribution in [2.75, 3.05) is 33.4 Å². The first-order valence-electron chi connectivity index (χ1n) is 12.3. The van der Waals surface area contributed by atoms with Crippen molar-refractivity contribution in [3.63, 3.8) is 0 Å². The summed E-state index contributed by atoms with van der Waals surface area (Å²) in [4.78, 5) is 19.5. The summed E-state index contributed by atoms with van der Waals surface area (Å²) in [6, 6.07) is 8.93. The number of aryl methyl sites for hydroxylation is 2. The molecular formula is C26H35N3O5S. The zero-order valence-electron chi connectivity index (χ0n) is 20.8. The topological polar surface area (TPSA) is 89.0 Å². The molecule has 9 heteroatoms. The van der Waals surface area contributed by atoms with E-state index in [0.717, 1.165) is 31.4 Å². The van der Waals surface area contributed by atoms with Crippen LogP contribution in [0.25, 0.3) is 0 Å². The summed E-state index contributed by atoms with van der Waals surface area (Å²) < 4.78 is 40.1. The van der Waals surface area contributed by atoms with E-state index in [0.29, 0.717) is 41.3 Å². The van der Waals surface area contributed by atoms with Gasteiger partial charge in [-0.1, -0.05) is 12.5 Å². The van der Waals surface area contributed by atoms with Gasteiger partial charge in [-0.2, -0.15) is 4.31 Å². The van der Waals surface area contributed by atoms with E-state index >= 15 is 0 Å². The molecule has 1 aromatic carbocycles. The third kappa shape index (κ3) is 5.52. The highest BCUT2D eigenvalue weighted by atomic mass is 32.2. The molecule has 3 heterocycles. The van der Waals surface area contributed by atoms with E-state index in [1.54, 1.807) is 43.6 Å². The van der Waals surface area contributed by atoms with Crippen LogP contribution in [0.15, 0.2) is 41.4 Å². The molecule has 0 spiro atoms. The second-order valence-electron chi connectivity index (χ2n) is 9.37. The molecule has 8 nitrogen and oxygen atoms in total. The number of aromatic nitrogens is 1. The van der Waals surface area contributed by atoms with Gasteiger partial charge in [0.15, 0.2) is 0 Å². The molecule has 2 fully saturated rings. The lowest BCUT2D eigenvalue weighted by Gasteiger charge is -2.35. The Morgan fingerprint density at radius 1 is 1.09 bits per heavy atom. The molecule has 190 valence electrons. The van der Waals surface area contributed by atoms with Crippen LogP contribution in [-0.4, -0.2) is 68.0 Å². The van der Waals surface area contributed by atoms with Crippen molar-refractivity contribution in [2.45, 2.75) is 62.9 Å². The van der Waals surface area contributed by atoms with Crippen molar-refractivity contribution >= 4 is 15.9 Å². The molecular weight excluding hydrogens is 466 g/mol. The van der Waals surface area contributed by atoms with Crippen LogP contribution in [-0.2, 0) is 19.6 Å².